The van der Waals surface area contributed by atoms with Crippen LogP contribution >= 0.6 is 0 Å². The van der Waals surface area contributed by atoms with Gasteiger partial charge in [-0.3, -0.25) is 9.59 Å². The predicted octanol–water partition coefficient (Wildman–Crippen LogP) is 17.3. The van der Waals surface area contributed by atoms with Crippen molar-refractivity contribution in [3.05, 3.63) is 12.2 Å². The van der Waals surface area contributed by atoms with Gasteiger partial charge in [-0.1, -0.05) is 283 Å². The highest BCUT2D eigenvalue weighted by Gasteiger charge is 2.18. The molecule has 6 heteroatoms. The standard InChI is InChI=1S/C57H111NO5/c1-3-5-7-9-11-13-15-17-19-20-21-22-23-27-31-35-39-43-47-51-57(62)63-52-48-44-40-36-32-28-24-26-30-34-38-42-46-50-56(61)58-54(53-59)55(60)49-45-41-37-33-29-25-18-16-14-12-10-8-6-4-2/h45,49,54-55,59-60H,3-44,46-48,50-53H2,1-2H3,(H,58,61)/b49-45+. The predicted molar refractivity (Wildman–Crippen MR) is 273 cm³/mol. The van der Waals surface area contributed by atoms with E-state index in [0.29, 0.717) is 19.4 Å². The topological polar surface area (TPSA) is 95.9 Å². The van der Waals surface area contributed by atoms with Gasteiger partial charge in [0.05, 0.1) is 25.4 Å². The molecule has 0 aliphatic carbocycles. The Labute approximate surface area is 393 Å². The number of carbonyl (C=O) groups excluding carboxylic acids is 2. The molecule has 0 spiro atoms. The Morgan fingerprint density at radius 1 is 0.429 bits per heavy atom. The molecule has 0 aromatic carbocycles. The molecule has 0 fully saturated rings. The molecule has 0 aromatic rings. The maximum atomic E-state index is 12.4. The van der Waals surface area contributed by atoms with Crippen molar-refractivity contribution in [2.24, 2.45) is 0 Å². The van der Waals surface area contributed by atoms with E-state index in [4.69, 9.17) is 4.74 Å². The van der Waals surface area contributed by atoms with E-state index in [-0.39, 0.29) is 18.5 Å². The Morgan fingerprint density at radius 2 is 0.730 bits per heavy atom. The highest BCUT2D eigenvalue weighted by Crippen LogP contribution is 2.17. The van der Waals surface area contributed by atoms with E-state index in [1.165, 1.54) is 231 Å². The number of allylic oxidation sites excluding steroid dienone is 1. The zero-order valence-electron chi connectivity index (χ0n) is 42.6. The first-order chi connectivity index (χ1) is 31.0. The third kappa shape index (κ3) is 49.9. The van der Waals surface area contributed by atoms with Crippen molar-refractivity contribution in [3.63, 3.8) is 0 Å². The van der Waals surface area contributed by atoms with E-state index < -0.39 is 12.1 Å². The van der Waals surface area contributed by atoms with Gasteiger partial charge in [0.1, 0.15) is 0 Å². The van der Waals surface area contributed by atoms with Crippen molar-refractivity contribution in [2.45, 2.75) is 328 Å². The van der Waals surface area contributed by atoms with E-state index in [0.717, 1.165) is 57.8 Å². The summed E-state index contributed by atoms with van der Waals surface area (Å²) in [5.74, 6) is -0.0807. The lowest BCUT2D eigenvalue weighted by Gasteiger charge is -2.20. The van der Waals surface area contributed by atoms with Crippen molar-refractivity contribution in [3.8, 4) is 0 Å². The van der Waals surface area contributed by atoms with E-state index in [2.05, 4.69) is 19.2 Å². The van der Waals surface area contributed by atoms with Crippen molar-refractivity contribution < 1.29 is 24.5 Å². The maximum absolute atomic E-state index is 12.4. The van der Waals surface area contributed by atoms with Crippen LogP contribution in [0.2, 0.25) is 0 Å². The molecule has 0 radical (unpaired) electrons. The molecule has 6 nitrogen and oxygen atoms in total. The Bertz CT molecular complexity index is 939. The Hall–Kier alpha value is -1.40. The lowest BCUT2D eigenvalue weighted by Crippen LogP contribution is -2.45. The number of hydrogen-bond acceptors (Lipinski definition) is 5. The molecule has 3 N–H and O–H groups in total. The quantitative estimate of drug-likeness (QED) is 0.0321. The van der Waals surface area contributed by atoms with Crippen LogP contribution in [0.5, 0.6) is 0 Å². The van der Waals surface area contributed by atoms with E-state index in [1.807, 2.05) is 6.08 Å². The number of nitrogens with one attached hydrogen (secondary N) is 1. The minimum Gasteiger partial charge on any atom is -0.466 e. The SMILES string of the molecule is CCCCCCCCCCCCCC/C=C/C(O)C(CO)NC(=O)CCCCCCCCCCCCCCCOC(=O)CCCCCCCCCCCCCCCCCCCCC. The fourth-order valence-electron chi connectivity index (χ4n) is 8.93. The van der Waals surface area contributed by atoms with Crippen LogP contribution in [0.1, 0.15) is 316 Å². The highest BCUT2D eigenvalue weighted by atomic mass is 16.5. The normalized spacial score (nSPS) is 12.6. The Kier molecular flexibility index (Phi) is 52.0. The number of carbonyl (C=O) groups is 2. The second-order valence-corrected chi connectivity index (χ2v) is 19.6. The number of rotatable bonds is 53. The smallest absolute Gasteiger partial charge is 0.305 e. The van der Waals surface area contributed by atoms with Gasteiger partial charge in [-0.2, -0.15) is 0 Å². The first-order valence-corrected chi connectivity index (χ1v) is 28.5. The summed E-state index contributed by atoms with van der Waals surface area (Å²) in [5.41, 5.74) is 0. The van der Waals surface area contributed by atoms with Gasteiger partial charge in [-0.05, 0) is 32.1 Å². The molecule has 2 unspecified atom stereocenters. The van der Waals surface area contributed by atoms with E-state index in [1.54, 1.807) is 6.08 Å². The lowest BCUT2D eigenvalue weighted by atomic mass is 10.0. The highest BCUT2D eigenvalue weighted by molar-refractivity contribution is 5.76. The van der Waals surface area contributed by atoms with E-state index >= 15 is 0 Å². The minimum atomic E-state index is -0.851. The van der Waals surface area contributed by atoms with Crippen molar-refractivity contribution in [2.75, 3.05) is 13.2 Å². The number of aliphatic hydroxyl groups is 2. The molecule has 2 atom stereocenters. The molecule has 63 heavy (non-hydrogen) atoms. The van der Waals surface area contributed by atoms with Crippen LogP contribution in [0.15, 0.2) is 12.2 Å². The monoisotopic (exact) mass is 890 g/mol. The molecular formula is C57H111NO5. The number of esters is 1. The molecule has 0 aromatic heterocycles. The van der Waals surface area contributed by atoms with Crippen LogP contribution in [0, 0.1) is 0 Å². The molecule has 0 heterocycles. The molecule has 0 saturated carbocycles. The third-order valence-corrected chi connectivity index (χ3v) is 13.3. The summed E-state index contributed by atoms with van der Waals surface area (Å²) in [6.45, 7) is 4.89. The molecule has 0 rings (SSSR count). The summed E-state index contributed by atoms with van der Waals surface area (Å²) in [4.78, 5) is 24.5. The summed E-state index contributed by atoms with van der Waals surface area (Å²) in [5, 5.41) is 23.1. The summed E-state index contributed by atoms with van der Waals surface area (Å²) < 4.78 is 5.49. The van der Waals surface area contributed by atoms with Crippen LogP contribution in [0.3, 0.4) is 0 Å². The van der Waals surface area contributed by atoms with Crippen LogP contribution in [0.25, 0.3) is 0 Å². The van der Waals surface area contributed by atoms with Crippen molar-refractivity contribution in [1.82, 2.24) is 5.32 Å². The van der Waals surface area contributed by atoms with Gasteiger partial charge in [0.15, 0.2) is 0 Å². The largest absolute Gasteiger partial charge is 0.466 e. The molecule has 0 aliphatic heterocycles. The van der Waals surface area contributed by atoms with Gasteiger partial charge in [0.2, 0.25) is 5.91 Å². The summed E-state index contributed by atoms with van der Waals surface area (Å²) in [6, 6.07) is -0.636. The number of amides is 1. The second kappa shape index (κ2) is 53.2. The first kappa shape index (κ1) is 61.6. The molecule has 374 valence electrons. The molecule has 0 aliphatic rings. The molecular weight excluding hydrogens is 779 g/mol. The fraction of sp³-hybridized carbons (Fsp3) is 0.930. The van der Waals surface area contributed by atoms with E-state index in [9.17, 15) is 19.8 Å². The van der Waals surface area contributed by atoms with Crippen LogP contribution in [-0.4, -0.2) is 47.4 Å². The summed E-state index contributed by atoms with van der Waals surface area (Å²) in [7, 11) is 0. The average Bonchev–Trinajstić information content (AvgIpc) is 3.28. The number of ether oxygens (including phenoxy) is 1. The third-order valence-electron chi connectivity index (χ3n) is 13.3. The molecule has 0 bridgehead atoms. The second-order valence-electron chi connectivity index (χ2n) is 19.6. The minimum absolute atomic E-state index is 0.00171. The number of hydrogen-bond donors (Lipinski definition) is 3. The molecule has 0 saturated heterocycles. The fourth-order valence-corrected chi connectivity index (χ4v) is 8.93. The maximum Gasteiger partial charge on any atom is 0.305 e. The van der Waals surface area contributed by atoms with Gasteiger partial charge in [-0.25, -0.2) is 0 Å². The van der Waals surface area contributed by atoms with Crippen LogP contribution in [-0.2, 0) is 14.3 Å². The van der Waals surface area contributed by atoms with Gasteiger partial charge >= 0.3 is 5.97 Å². The summed E-state index contributed by atoms with van der Waals surface area (Å²) >= 11 is 0. The van der Waals surface area contributed by atoms with Gasteiger partial charge in [0.25, 0.3) is 0 Å². The Balaban J connectivity index is 3.43. The number of aliphatic hydroxyl groups excluding tert-OH is 2. The van der Waals surface area contributed by atoms with Gasteiger partial charge in [-0.15, -0.1) is 0 Å². The average molecular weight is 891 g/mol. The van der Waals surface area contributed by atoms with Crippen molar-refractivity contribution >= 4 is 11.9 Å². The zero-order valence-corrected chi connectivity index (χ0v) is 42.6. The number of unbranched alkanes of at least 4 members (excludes halogenated alkanes) is 42. The van der Waals surface area contributed by atoms with Gasteiger partial charge < -0.3 is 20.3 Å². The van der Waals surface area contributed by atoms with Crippen LogP contribution in [0.4, 0.5) is 0 Å². The van der Waals surface area contributed by atoms with Crippen LogP contribution < -0.4 is 5.32 Å². The summed E-state index contributed by atoms with van der Waals surface area (Å²) in [6.07, 6.45) is 62.2. The molecule has 1 amide bonds. The van der Waals surface area contributed by atoms with Gasteiger partial charge in [0, 0.05) is 12.8 Å². The Morgan fingerprint density at radius 3 is 1.08 bits per heavy atom. The van der Waals surface area contributed by atoms with Crippen molar-refractivity contribution in [1.29, 1.82) is 0 Å². The first-order valence-electron chi connectivity index (χ1n) is 28.5. The lowest BCUT2D eigenvalue weighted by molar-refractivity contribution is -0.143. The zero-order chi connectivity index (χ0) is 45.8.